The van der Waals surface area contributed by atoms with Gasteiger partial charge in [0.25, 0.3) is 5.91 Å². The molecule has 0 radical (unpaired) electrons. The Morgan fingerprint density at radius 1 is 1.29 bits per heavy atom. The molecule has 0 saturated heterocycles. The van der Waals surface area contributed by atoms with Crippen LogP contribution in [0.3, 0.4) is 0 Å². The van der Waals surface area contributed by atoms with Gasteiger partial charge in [0.1, 0.15) is 5.75 Å². The van der Waals surface area contributed by atoms with Crippen molar-refractivity contribution >= 4 is 11.6 Å². The number of benzene rings is 2. The van der Waals surface area contributed by atoms with Crippen LogP contribution in [0, 0.1) is 18.8 Å². The maximum Gasteiger partial charge on any atom is 0.259 e. The summed E-state index contributed by atoms with van der Waals surface area (Å²) in [5.74, 6) is 5.26. The Hall–Kier alpha value is -2.77. The van der Waals surface area contributed by atoms with Crippen molar-refractivity contribution in [1.82, 2.24) is 0 Å². The van der Waals surface area contributed by atoms with Gasteiger partial charge in [0.2, 0.25) is 0 Å². The average Bonchev–Trinajstić information content (AvgIpc) is 2.48. The Morgan fingerprint density at radius 2 is 2.10 bits per heavy atom. The topological polar surface area (TPSA) is 75.3 Å². The number of carbonyl (C=O) groups excluding carboxylic acids is 1. The van der Waals surface area contributed by atoms with Gasteiger partial charge in [-0.15, -0.1) is 0 Å². The van der Waals surface area contributed by atoms with Crippen LogP contribution in [0.5, 0.6) is 5.75 Å². The molecule has 21 heavy (non-hydrogen) atoms. The van der Waals surface area contributed by atoms with Gasteiger partial charge in [0.15, 0.2) is 0 Å². The second kappa shape index (κ2) is 6.60. The van der Waals surface area contributed by atoms with E-state index in [0.29, 0.717) is 5.69 Å². The number of anilines is 1. The third-order valence-corrected chi connectivity index (χ3v) is 2.85. The standard InChI is InChI=1S/C17H16N2O2/c1-12-7-8-16(20)15(10-12)17(21)19-14-6-2-4-13(11-14)5-3-9-18/h2,4,6-8,10-11,20H,9,18H2,1H3,(H,19,21). The zero-order chi connectivity index (χ0) is 15.2. The highest BCUT2D eigenvalue weighted by Gasteiger charge is 2.11. The van der Waals surface area contributed by atoms with E-state index in [1.807, 2.05) is 13.0 Å². The van der Waals surface area contributed by atoms with Crippen molar-refractivity contribution in [3.63, 3.8) is 0 Å². The summed E-state index contributed by atoms with van der Waals surface area (Å²) >= 11 is 0. The number of aryl methyl sites for hydroxylation is 1. The van der Waals surface area contributed by atoms with Crippen LogP contribution in [-0.2, 0) is 0 Å². The lowest BCUT2D eigenvalue weighted by molar-refractivity contribution is 0.102. The molecule has 0 spiro atoms. The van der Waals surface area contributed by atoms with Crippen molar-refractivity contribution in [2.24, 2.45) is 5.73 Å². The lowest BCUT2D eigenvalue weighted by atomic mass is 10.1. The normalized spacial score (nSPS) is 9.62. The minimum Gasteiger partial charge on any atom is -0.507 e. The van der Waals surface area contributed by atoms with Gasteiger partial charge in [-0.2, -0.15) is 0 Å². The first-order valence-electron chi connectivity index (χ1n) is 6.50. The van der Waals surface area contributed by atoms with Crippen LogP contribution in [0.2, 0.25) is 0 Å². The fourth-order valence-corrected chi connectivity index (χ4v) is 1.86. The molecule has 4 N–H and O–H groups in total. The van der Waals surface area contributed by atoms with Gasteiger partial charge in [-0.25, -0.2) is 0 Å². The van der Waals surface area contributed by atoms with Crippen LogP contribution in [0.15, 0.2) is 42.5 Å². The van der Waals surface area contributed by atoms with E-state index in [0.717, 1.165) is 11.1 Å². The van der Waals surface area contributed by atoms with Crippen LogP contribution in [0.25, 0.3) is 0 Å². The molecule has 0 aliphatic carbocycles. The van der Waals surface area contributed by atoms with Gasteiger partial charge in [-0.1, -0.05) is 29.5 Å². The van der Waals surface area contributed by atoms with Crippen molar-refractivity contribution in [3.8, 4) is 17.6 Å². The zero-order valence-corrected chi connectivity index (χ0v) is 11.7. The summed E-state index contributed by atoms with van der Waals surface area (Å²) in [6.45, 7) is 2.15. The molecule has 1 amide bonds. The van der Waals surface area contributed by atoms with E-state index in [9.17, 15) is 9.90 Å². The first-order valence-corrected chi connectivity index (χ1v) is 6.50. The fourth-order valence-electron chi connectivity index (χ4n) is 1.86. The van der Waals surface area contributed by atoms with E-state index in [1.165, 1.54) is 6.07 Å². The number of nitrogens with two attached hydrogens (primary N) is 1. The van der Waals surface area contributed by atoms with Crippen molar-refractivity contribution in [3.05, 3.63) is 59.2 Å². The molecule has 0 aliphatic heterocycles. The molecule has 0 fully saturated rings. The van der Waals surface area contributed by atoms with Crippen LogP contribution in [-0.4, -0.2) is 17.6 Å². The van der Waals surface area contributed by atoms with E-state index in [4.69, 9.17) is 5.73 Å². The number of carbonyl (C=O) groups is 1. The molecule has 106 valence electrons. The quantitative estimate of drug-likeness (QED) is 0.739. The van der Waals surface area contributed by atoms with Gasteiger partial charge in [-0.3, -0.25) is 4.79 Å². The smallest absolute Gasteiger partial charge is 0.259 e. The minimum atomic E-state index is -0.361. The van der Waals surface area contributed by atoms with E-state index in [1.54, 1.807) is 30.3 Å². The monoisotopic (exact) mass is 280 g/mol. The van der Waals surface area contributed by atoms with Gasteiger partial charge < -0.3 is 16.2 Å². The van der Waals surface area contributed by atoms with Crippen LogP contribution >= 0.6 is 0 Å². The molecule has 2 aromatic rings. The molecule has 0 saturated carbocycles. The summed E-state index contributed by atoms with van der Waals surface area (Å²) in [5, 5.41) is 12.5. The Labute approximate surface area is 123 Å². The molecule has 2 aromatic carbocycles. The first kappa shape index (κ1) is 14.6. The highest BCUT2D eigenvalue weighted by atomic mass is 16.3. The molecular weight excluding hydrogens is 264 g/mol. The highest BCUT2D eigenvalue weighted by molar-refractivity contribution is 6.06. The van der Waals surface area contributed by atoms with Crippen molar-refractivity contribution in [2.45, 2.75) is 6.92 Å². The number of phenolic OH excluding ortho intramolecular Hbond substituents is 1. The van der Waals surface area contributed by atoms with Crippen LogP contribution in [0.1, 0.15) is 21.5 Å². The second-order valence-corrected chi connectivity index (χ2v) is 4.56. The number of hydrogen-bond donors (Lipinski definition) is 3. The predicted octanol–water partition coefficient (Wildman–Crippen LogP) is 2.26. The van der Waals surface area contributed by atoms with Crippen molar-refractivity contribution in [2.75, 3.05) is 11.9 Å². The zero-order valence-electron chi connectivity index (χ0n) is 11.7. The third-order valence-electron chi connectivity index (χ3n) is 2.85. The summed E-state index contributed by atoms with van der Waals surface area (Å²) in [7, 11) is 0. The Bertz CT molecular complexity index is 727. The maximum absolute atomic E-state index is 12.2. The maximum atomic E-state index is 12.2. The first-order chi connectivity index (χ1) is 10.1. The predicted molar refractivity (Wildman–Crippen MR) is 83.2 cm³/mol. The lowest BCUT2D eigenvalue weighted by Gasteiger charge is -2.08. The van der Waals surface area contributed by atoms with Crippen LogP contribution < -0.4 is 11.1 Å². The number of rotatable bonds is 2. The summed E-state index contributed by atoms with van der Waals surface area (Å²) in [4.78, 5) is 12.2. The largest absolute Gasteiger partial charge is 0.507 e. The van der Waals surface area contributed by atoms with E-state index >= 15 is 0 Å². The van der Waals surface area contributed by atoms with E-state index in [-0.39, 0.29) is 23.8 Å². The molecule has 0 aliphatic rings. The molecule has 0 heterocycles. The minimum absolute atomic E-state index is 0.0443. The van der Waals surface area contributed by atoms with Gasteiger partial charge >= 0.3 is 0 Å². The van der Waals surface area contributed by atoms with Crippen molar-refractivity contribution in [1.29, 1.82) is 0 Å². The number of hydrogen-bond acceptors (Lipinski definition) is 3. The second-order valence-electron chi connectivity index (χ2n) is 4.56. The van der Waals surface area contributed by atoms with Gasteiger partial charge in [-0.05, 0) is 37.3 Å². The Balaban J connectivity index is 2.21. The molecule has 4 heteroatoms. The van der Waals surface area contributed by atoms with Gasteiger partial charge in [0, 0.05) is 11.3 Å². The molecule has 0 aromatic heterocycles. The van der Waals surface area contributed by atoms with Gasteiger partial charge in [0.05, 0.1) is 12.1 Å². The highest BCUT2D eigenvalue weighted by Crippen LogP contribution is 2.20. The molecule has 4 nitrogen and oxygen atoms in total. The number of nitrogens with one attached hydrogen (secondary N) is 1. The summed E-state index contributed by atoms with van der Waals surface area (Å²) in [6, 6.07) is 12.0. The number of aromatic hydroxyl groups is 1. The molecular formula is C17H16N2O2. The van der Waals surface area contributed by atoms with E-state index < -0.39 is 0 Å². The number of phenols is 1. The lowest BCUT2D eigenvalue weighted by Crippen LogP contribution is -2.12. The summed E-state index contributed by atoms with van der Waals surface area (Å²) in [6.07, 6.45) is 0. The molecule has 2 rings (SSSR count). The SMILES string of the molecule is Cc1ccc(O)c(C(=O)Nc2cccc(C#CCN)c2)c1. The Morgan fingerprint density at radius 3 is 2.86 bits per heavy atom. The number of amides is 1. The summed E-state index contributed by atoms with van der Waals surface area (Å²) in [5.41, 5.74) is 7.86. The third kappa shape index (κ3) is 3.85. The fraction of sp³-hybridized carbons (Fsp3) is 0.118. The molecule has 0 bridgehead atoms. The molecule has 0 unspecified atom stereocenters. The van der Waals surface area contributed by atoms with Crippen LogP contribution in [0.4, 0.5) is 5.69 Å². The Kier molecular flexibility index (Phi) is 4.60. The molecule has 0 atom stereocenters. The van der Waals surface area contributed by atoms with E-state index in [2.05, 4.69) is 17.2 Å². The van der Waals surface area contributed by atoms with Crippen molar-refractivity contribution < 1.29 is 9.90 Å². The average molecular weight is 280 g/mol. The summed E-state index contributed by atoms with van der Waals surface area (Å²) < 4.78 is 0.